The molecular weight excluding hydrogens is 364 g/mol. The van der Waals surface area contributed by atoms with E-state index in [1.807, 2.05) is 36.1 Å². The zero-order valence-electron chi connectivity index (χ0n) is 17.4. The van der Waals surface area contributed by atoms with Crippen molar-refractivity contribution in [3.05, 3.63) is 53.6 Å². The van der Waals surface area contributed by atoms with Crippen LogP contribution in [0.4, 0.5) is 5.69 Å². The Morgan fingerprint density at radius 1 is 0.966 bits per heavy atom. The first-order chi connectivity index (χ1) is 14.2. The van der Waals surface area contributed by atoms with E-state index in [0.717, 1.165) is 43.1 Å². The summed E-state index contributed by atoms with van der Waals surface area (Å²) in [6.07, 6.45) is 4.29. The van der Waals surface area contributed by atoms with E-state index in [9.17, 15) is 4.79 Å². The summed E-state index contributed by atoms with van der Waals surface area (Å²) in [5, 5.41) is 0. The zero-order valence-corrected chi connectivity index (χ0v) is 17.4. The molecule has 0 saturated carbocycles. The van der Waals surface area contributed by atoms with Gasteiger partial charge in [0.1, 0.15) is 11.5 Å². The quantitative estimate of drug-likeness (QED) is 0.776. The van der Waals surface area contributed by atoms with Gasteiger partial charge in [-0.25, -0.2) is 0 Å². The third-order valence-corrected chi connectivity index (χ3v) is 6.00. The van der Waals surface area contributed by atoms with E-state index in [4.69, 9.17) is 9.47 Å². The van der Waals surface area contributed by atoms with Gasteiger partial charge >= 0.3 is 0 Å². The highest BCUT2D eigenvalue weighted by Gasteiger charge is 2.27. The Balaban J connectivity index is 1.34. The molecule has 0 bridgehead atoms. The number of methoxy groups -OCH3 is 1. The Bertz CT molecular complexity index is 859. The van der Waals surface area contributed by atoms with Gasteiger partial charge in [0.25, 0.3) is 5.91 Å². The Labute approximate surface area is 173 Å². The number of ether oxygens (including phenoxy) is 2. The highest BCUT2D eigenvalue weighted by molar-refractivity contribution is 5.81. The van der Waals surface area contributed by atoms with Gasteiger partial charge in [0.05, 0.1) is 12.8 Å². The molecule has 0 unspecified atom stereocenters. The summed E-state index contributed by atoms with van der Waals surface area (Å²) in [6.45, 7) is 4.81. The van der Waals surface area contributed by atoms with Crippen molar-refractivity contribution in [3.63, 3.8) is 0 Å². The van der Waals surface area contributed by atoms with Gasteiger partial charge in [-0.2, -0.15) is 0 Å². The molecule has 0 N–H and O–H groups in total. The Morgan fingerprint density at radius 3 is 2.45 bits per heavy atom. The van der Waals surface area contributed by atoms with Crippen molar-refractivity contribution in [1.29, 1.82) is 0 Å². The molecule has 2 aromatic carbocycles. The minimum Gasteiger partial charge on any atom is -0.495 e. The SMILES string of the molecule is COc1ccccc1N1CCN(C(=O)[C@H](C)Oc2ccc3c(c2)CCCC3)CC1. The van der Waals surface area contributed by atoms with Gasteiger partial charge in [0.2, 0.25) is 0 Å². The van der Waals surface area contributed by atoms with Gasteiger partial charge < -0.3 is 19.3 Å². The van der Waals surface area contributed by atoms with E-state index < -0.39 is 6.10 Å². The van der Waals surface area contributed by atoms with Crippen molar-refractivity contribution in [3.8, 4) is 11.5 Å². The monoisotopic (exact) mass is 394 g/mol. The van der Waals surface area contributed by atoms with Crippen molar-refractivity contribution in [2.75, 3.05) is 38.2 Å². The fraction of sp³-hybridized carbons (Fsp3) is 0.458. The molecule has 5 nitrogen and oxygen atoms in total. The second-order valence-corrected chi connectivity index (χ2v) is 7.88. The maximum absolute atomic E-state index is 12.9. The molecule has 4 rings (SSSR count). The van der Waals surface area contributed by atoms with E-state index in [0.29, 0.717) is 13.1 Å². The van der Waals surface area contributed by atoms with Crippen LogP contribution < -0.4 is 14.4 Å². The van der Waals surface area contributed by atoms with Gasteiger partial charge in [-0.3, -0.25) is 4.79 Å². The molecule has 1 aliphatic carbocycles. The summed E-state index contributed by atoms with van der Waals surface area (Å²) in [5.74, 6) is 1.73. The molecule has 1 heterocycles. The lowest BCUT2D eigenvalue weighted by atomic mass is 9.92. The molecule has 1 fully saturated rings. The average Bonchev–Trinajstić information content (AvgIpc) is 2.78. The summed E-state index contributed by atoms with van der Waals surface area (Å²) in [7, 11) is 1.69. The number of piperazine rings is 1. The Kier molecular flexibility index (Phi) is 5.93. The molecule has 29 heavy (non-hydrogen) atoms. The number of benzene rings is 2. The molecule has 0 aromatic heterocycles. The normalized spacial score (nSPS) is 17.4. The predicted octanol–water partition coefficient (Wildman–Crippen LogP) is 3.69. The van der Waals surface area contributed by atoms with Crippen LogP contribution in [-0.4, -0.2) is 50.2 Å². The lowest BCUT2D eigenvalue weighted by Gasteiger charge is -2.37. The van der Waals surface area contributed by atoms with E-state index in [1.54, 1.807) is 7.11 Å². The predicted molar refractivity (Wildman–Crippen MR) is 115 cm³/mol. The number of rotatable bonds is 5. The second kappa shape index (κ2) is 8.76. The highest BCUT2D eigenvalue weighted by Crippen LogP contribution is 2.29. The number of hydrogen-bond donors (Lipinski definition) is 0. The summed E-state index contributed by atoms with van der Waals surface area (Å²) in [5.41, 5.74) is 3.88. The molecule has 1 saturated heterocycles. The average molecular weight is 395 g/mol. The van der Waals surface area contributed by atoms with Crippen LogP contribution in [0.5, 0.6) is 11.5 Å². The number of aryl methyl sites for hydroxylation is 2. The van der Waals surface area contributed by atoms with Gasteiger partial charge in [-0.15, -0.1) is 0 Å². The van der Waals surface area contributed by atoms with Crippen molar-refractivity contribution < 1.29 is 14.3 Å². The maximum Gasteiger partial charge on any atom is 0.263 e. The summed E-state index contributed by atoms with van der Waals surface area (Å²) < 4.78 is 11.5. The first-order valence-corrected chi connectivity index (χ1v) is 10.6. The lowest BCUT2D eigenvalue weighted by Crippen LogP contribution is -2.52. The molecule has 1 atom stereocenters. The lowest BCUT2D eigenvalue weighted by molar-refractivity contribution is -0.138. The zero-order chi connectivity index (χ0) is 20.2. The minimum absolute atomic E-state index is 0.0578. The number of carbonyl (C=O) groups excluding carboxylic acids is 1. The molecule has 1 aliphatic heterocycles. The van der Waals surface area contributed by atoms with Crippen LogP contribution in [-0.2, 0) is 17.6 Å². The van der Waals surface area contributed by atoms with Crippen molar-refractivity contribution >= 4 is 11.6 Å². The van der Waals surface area contributed by atoms with Crippen LogP contribution in [0.3, 0.4) is 0 Å². The van der Waals surface area contributed by atoms with E-state index in [-0.39, 0.29) is 5.91 Å². The van der Waals surface area contributed by atoms with Crippen molar-refractivity contribution in [1.82, 2.24) is 4.90 Å². The second-order valence-electron chi connectivity index (χ2n) is 7.88. The van der Waals surface area contributed by atoms with Crippen LogP contribution >= 0.6 is 0 Å². The third kappa shape index (κ3) is 4.34. The first kappa shape index (κ1) is 19.6. The van der Waals surface area contributed by atoms with Gasteiger partial charge in [0.15, 0.2) is 6.10 Å². The van der Waals surface area contributed by atoms with Gasteiger partial charge in [0, 0.05) is 26.2 Å². The maximum atomic E-state index is 12.9. The molecule has 154 valence electrons. The summed E-state index contributed by atoms with van der Waals surface area (Å²) >= 11 is 0. The number of hydrogen-bond acceptors (Lipinski definition) is 4. The molecule has 2 aromatic rings. The van der Waals surface area contributed by atoms with E-state index in [2.05, 4.69) is 23.1 Å². The smallest absolute Gasteiger partial charge is 0.263 e. The topological polar surface area (TPSA) is 42.0 Å². The summed E-state index contributed by atoms with van der Waals surface area (Å²) in [6, 6.07) is 14.3. The van der Waals surface area contributed by atoms with Crippen LogP contribution in [0, 0.1) is 0 Å². The number of nitrogens with zero attached hydrogens (tertiary/aromatic N) is 2. The van der Waals surface area contributed by atoms with Crippen LogP contribution in [0.25, 0.3) is 0 Å². The Morgan fingerprint density at radius 2 is 1.69 bits per heavy atom. The van der Waals surface area contributed by atoms with E-state index >= 15 is 0 Å². The summed E-state index contributed by atoms with van der Waals surface area (Å²) in [4.78, 5) is 17.1. The van der Waals surface area contributed by atoms with E-state index in [1.165, 1.54) is 24.0 Å². The fourth-order valence-electron chi connectivity index (χ4n) is 4.35. The number of para-hydroxylation sites is 2. The molecule has 0 spiro atoms. The fourth-order valence-corrected chi connectivity index (χ4v) is 4.35. The number of carbonyl (C=O) groups is 1. The van der Waals surface area contributed by atoms with Crippen LogP contribution in [0.15, 0.2) is 42.5 Å². The number of anilines is 1. The molecule has 1 amide bonds. The molecule has 2 aliphatic rings. The molecule has 5 heteroatoms. The van der Waals surface area contributed by atoms with Crippen LogP contribution in [0.1, 0.15) is 30.9 Å². The van der Waals surface area contributed by atoms with Crippen LogP contribution in [0.2, 0.25) is 0 Å². The van der Waals surface area contributed by atoms with Gasteiger partial charge in [-0.1, -0.05) is 18.2 Å². The minimum atomic E-state index is -0.477. The van der Waals surface area contributed by atoms with Crippen molar-refractivity contribution in [2.45, 2.75) is 38.7 Å². The number of amides is 1. The standard InChI is InChI=1S/C24H30N2O3/c1-18(29-21-12-11-19-7-3-4-8-20(19)17-21)24(27)26-15-13-25(14-16-26)22-9-5-6-10-23(22)28-2/h5-6,9-12,17-18H,3-4,7-8,13-16H2,1-2H3/t18-/m0/s1. The number of fused-ring (bicyclic) bond motifs is 1. The van der Waals surface area contributed by atoms with Gasteiger partial charge in [-0.05, 0) is 68.0 Å². The Hall–Kier alpha value is -2.69. The highest BCUT2D eigenvalue weighted by atomic mass is 16.5. The molecular formula is C24H30N2O3. The first-order valence-electron chi connectivity index (χ1n) is 10.6. The largest absolute Gasteiger partial charge is 0.495 e. The van der Waals surface area contributed by atoms with Crippen molar-refractivity contribution in [2.24, 2.45) is 0 Å². The third-order valence-electron chi connectivity index (χ3n) is 6.00. The molecule has 0 radical (unpaired) electrons.